The molecule has 1 amide bonds. The van der Waals surface area contributed by atoms with Gasteiger partial charge in [-0.1, -0.05) is 73.8 Å². The highest BCUT2D eigenvalue weighted by atomic mass is 35.6. The van der Waals surface area contributed by atoms with E-state index in [0.29, 0.717) is 0 Å². The third kappa shape index (κ3) is 5.04. The van der Waals surface area contributed by atoms with Crippen LogP contribution in [0.15, 0.2) is 24.3 Å². The van der Waals surface area contributed by atoms with Crippen LogP contribution < -0.4 is 10.6 Å². The van der Waals surface area contributed by atoms with Gasteiger partial charge in [-0.3, -0.25) is 4.79 Å². The van der Waals surface area contributed by atoms with E-state index in [0.717, 1.165) is 11.3 Å². The van der Waals surface area contributed by atoms with Crippen LogP contribution in [0.4, 0.5) is 5.69 Å². The van der Waals surface area contributed by atoms with Crippen molar-refractivity contribution >= 4 is 46.4 Å². The van der Waals surface area contributed by atoms with Crippen LogP contribution in [0, 0.1) is 12.3 Å². The Morgan fingerprint density at radius 1 is 1.15 bits per heavy atom. The molecule has 2 N–H and O–H groups in total. The maximum absolute atomic E-state index is 12.1. The van der Waals surface area contributed by atoms with Gasteiger partial charge in [0.25, 0.3) is 0 Å². The largest absolute Gasteiger partial charge is 0.362 e. The number of rotatable bonds is 3. The average Bonchev–Trinajstić information content (AvgIpc) is 2.28. The maximum Gasteiger partial charge on any atom is 0.228 e. The number of nitrogens with one attached hydrogen (secondary N) is 2. The van der Waals surface area contributed by atoms with Gasteiger partial charge in [0.1, 0.15) is 6.17 Å². The number of benzene rings is 1. The summed E-state index contributed by atoms with van der Waals surface area (Å²) in [6.45, 7) is 7.33. The van der Waals surface area contributed by atoms with Crippen LogP contribution in [0.5, 0.6) is 0 Å². The molecule has 1 aromatic carbocycles. The molecule has 0 unspecified atom stereocenters. The summed E-state index contributed by atoms with van der Waals surface area (Å²) in [5.41, 5.74) is 1.23. The predicted molar refractivity (Wildman–Crippen MR) is 86.5 cm³/mol. The molecule has 0 heterocycles. The van der Waals surface area contributed by atoms with Gasteiger partial charge in [0.05, 0.1) is 0 Å². The summed E-state index contributed by atoms with van der Waals surface area (Å²) in [5, 5.41) is 5.79. The number of amides is 1. The fourth-order valence-corrected chi connectivity index (χ4v) is 1.77. The van der Waals surface area contributed by atoms with E-state index in [-0.39, 0.29) is 5.91 Å². The molecule has 20 heavy (non-hydrogen) atoms. The van der Waals surface area contributed by atoms with Gasteiger partial charge < -0.3 is 10.6 Å². The Morgan fingerprint density at radius 2 is 1.70 bits per heavy atom. The summed E-state index contributed by atoms with van der Waals surface area (Å²) in [7, 11) is 0. The van der Waals surface area contributed by atoms with E-state index in [9.17, 15) is 4.79 Å². The number of aryl methyl sites for hydroxylation is 1. The topological polar surface area (TPSA) is 41.1 Å². The lowest BCUT2D eigenvalue weighted by atomic mass is 9.95. The van der Waals surface area contributed by atoms with Crippen LogP contribution >= 0.6 is 34.8 Å². The van der Waals surface area contributed by atoms with Crippen LogP contribution in [0.25, 0.3) is 0 Å². The molecule has 0 spiro atoms. The highest BCUT2D eigenvalue weighted by molar-refractivity contribution is 6.68. The number of alkyl halides is 3. The first-order valence-corrected chi connectivity index (χ1v) is 7.35. The molecule has 0 radical (unpaired) electrons. The molecule has 0 aliphatic carbocycles. The number of anilines is 1. The standard InChI is InChI=1S/C14H19Cl3N2O/c1-9-7-5-6-8-10(9)18-11(14(15,16)17)19-12(20)13(2,3)4/h5-8,11,18H,1-4H3,(H,19,20)/t11-/m1/s1. The molecule has 0 bridgehead atoms. The third-order valence-electron chi connectivity index (χ3n) is 2.73. The van der Waals surface area contributed by atoms with Crippen molar-refractivity contribution in [1.82, 2.24) is 5.32 Å². The Bertz CT molecular complexity index is 478. The Balaban J connectivity index is 2.93. The average molecular weight is 338 g/mol. The number of halogens is 3. The SMILES string of the molecule is Cc1ccccc1N[C@H](NC(=O)C(C)(C)C)C(Cl)(Cl)Cl. The smallest absolute Gasteiger partial charge is 0.228 e. The molecule has 0 saturated heterocycles. The molecule has 0 fully saturated rings. The minimum atomic E-state index is -1.66. The number of carbonyl (C=O) groups is 1. The minimum Gasteiger partial charge on any atom is -0.362 e. The summed E-state index contributed by atoms with van der Waals surface area (Å²) in [6, 6.07) is 7.58. The van der Waals surface area contributed by atoms with Crippen molar-refractivity contribution in [1.29, 1.82) is 0 Å². The zero-order chi connectivity index (χ0) is 15.6. The third-order valence-corrected chi connectivity index (χ3v) is 3.38. The number of hydrogen-bond donors (Lipinski definition) is 2. The van der Waals surface area contributed by atoms with E-state index in [2.05, 4.69) is 10.6 Å². The van der Waals surface area contributed by atoms with Gasteiger partial charge in [-0.05, 0) is 18.6 Å². The summed E-state index contributed by atoms with van der Waals surface area (Å²) in [4.78, 5) is 12.1. The predicted octanol–water partition coefficient (Wildman–Crippen LogP) is 4.27. The van der Waals surface area contributed by atoms with Crippen LogP contribution in [0.3, 0.4) is 0 Å². The lowest BCUT2D eigenvalue weighted by Gasteiger charge is -2.30. The van der Waals surface area contributed by atoms with Gasteiger partial charge >= 0.3 is 0 Å². The van der Waals surface area contributed by atoms with Gasteiger partial charge in [-0.25, -0.2) is 0 Å². The first-order chi connectivity index (χ1) is 9.01. The Hall–Kier alpha value is -0.640. The second-order valence-electron chi connectivity index (χ2n) is 5.66. The minimum absolute atomic E-state index is 0.199. The molecule has 6 heteroatoms. The quantitative estimate of drug-likeness (QED) is 0.639. The molecular formula is C14H19Cl3N2O. The summed E-state index contributed by atoms with van der Waals surface area (Å²) < 4.78 is -1.66. The van der Waals surface area contributed by atoms with Crippen molar-refractivity contribution in [2.75, 3.05) is 5.32 Å². The zero-order valence-corrected chi connectivity index (χ0v) is 14.2. The number of hydrogen-bond acceptors (Lipinski definition) is 2. The summed E-state index contributed by atoms with van der Waals surface area (Å²) in [6.07, 6.45) is -0.819. The zero-order valence-electron chi connectivity index (χ0n) is 11.9. The van der Waals surface area contributed by atoms with Crippen molar-refractivity contribution in [2.24, 2.45) is 5.41 Å². The molecule has 0 saturated carbocycles. The molecule has 0 aliphatic rings. The highest BCUT2D eigenvalue weighted by Crippen LogP contribution is 2.32. The van der Waals surface area contributed by atoms with Crippen LogP contribution in [0.1, 0.15) is 26.3 Å². The normalized spacial score (nSPS) is 13.8. The van der Waals surface area contributed by atoms with Crippen molar-refractivity contribution < 1.29 is 4.79 Å². The first-order valence-electron chi connectivity index (χ1n) is 6.21. The van der Waals surface area contributed by atoms with E-state index < -0.39 is 15.4 Å². The Morgan fingerprint density at radius 3 is 2.15 bits per heavy atom. The molecule has 1 rings (SSSR count). The maximum atomic E-state index is 12.1. The second kappa shape index (κ2) is 6.42. The lowest BCUT2D eigenvalue weighted by Crippen LogP contribution is -2.52. The lowest BCUT2D eigenvalue weighted by molar-refractivity contribution is -0.129. The molecule has 3 nitrogen and oxygen atoms in total. The Kier molecular flexibility index (Phi) is 5.59. The Labute approximate surface area is 135 Å². The number of para-hydroxylation sites is 1. The van der Waals surface area contributed by atoms with Crippen LogP contribution in [-0.2, 0) is 4.79 Å². The van der Waals surface area contributed by atoms with Gasteiger partial charge in [0, 0.05) is 11.1 Å². The molecule has 1 aromatic rings. The van der Waals surface area contributed by atoms with Crippen LogP contribution in [0.2, 0.25) is 0 Å². The fourth-order valence-electron chi connectivity index (χ4n) is 1.44. The van der Waals surface area contributed by atoms with E-state index in [4.69, 9.17) is 34.8 Å². The molecular weight excluding hydrogens is 319 g/mol. The van der Waals surface area contributed by atoms with Gasteiger partial charge in [-0.2, -0.15) is 0 Å². The van der Waals surface area contributed by atoms with Gasteiger partial charge in [-0.15, -0.1) is 0 Å². The fraction of sp³-hybridized carbons (Fsp3) is 0.500. The van der Waals surface area contributed by atoms with Crippen molar-refractivity contribution in [3.8, 4) is 0 Å². The monoisotopic (exact) mass is 336 g/mol. The molecule has 112 valence electrons. The summed E-state index contributed by atoms with van der Waals surface area (Å²) >= 11 is 17.8. The van der Waals surface area contributed by atoms with E-state index in [1.165, 1.54) is 0 Å². The van der Waals surface area contributed by atoms with Crippen molar-refractivity contribution in [2.45, 2.75) is 37.7 Å². The van der Waals surface area contributed by atoms with Gasteiger partial charge in [0.2, 0.25) is 9.70 Å². The van der Waals surface area contributed by atoms with Crippen molar-refractivity contribution in [3.63, 3.8) is 0 Å². The number of carbonyl (C=O) groups excluding carboxylic acids is 1. The van der Waals surface area contributed by atoms with Crippen LogP contribution in [-0.4, -0.2) is 15.9 Å². The highest BCUT2D eigenvalue weighted by Gasteiger charge is 2.36. The van der Waals surface area contributed by atoms with E-state index in [1.807, 2.05) is 31.2 Å². The first kappa shape index (κ1) is 17.4. The molecule has 0 aliphatic heterocycles. The van der Waals surface area contributed by atoms with Crippen molar-refractivity contribution in [3.05, 3.63) is 29.8 Å². The molecule has 0 aromatic heterocycles. The summed E-state index contributed by atoms with van der Waals surface area (Å²) in [5.74, 6) is -0.199. The molecule has 1 atom stereocenters. The van der Waals surface area contributed by atoms with E-state index in [1.54, 1.807) is 20.8 Å². The van der Waals surface area contributed by atoms with E-state index >= 15 is 0 Å². The second-order valence-corrected chi connectivity index (χ2v) is 8.03. The van der Waals surface area contributed by atoms with Gasteiger partial charge in [0.15, 0.2) is 0 Å².